The number of aromatic nitrogens is 4. The number of rotatable bonds is 6. The van der Waals surface area contributed by atoms with Crippen molar-refractivity contribution in [1.29, 1.82) is 0 Å². The van der Waals surface area contributed by atoms with E-state index in [0.717, 1.165) is 28.2 Å². The van der Waals surface area contributed by atoms with E-state index in [1.54, 1.807) is 22.8 Å². The molecule has 0 saturated carbocycles. The predicted octanol–water partition coefficient (Wildman–Crippen LogP) is 6.14. The Morgan fingerprint density at radius 3 is 2.64 bits per heavy atom. The van der Waals surface area contributed by atoms with Gasteiger partial charge in [-0.05, 0) is 65.8 Å². The van der Waals surface area contributed by atoms with E-state index in [0.29, 0.717) is 28.5 Å². The topological polar surface area (TPSA) is 69.9 Å². The monoisotopic (exact) mass is 524 g/mol. The first-order valence-electron chi connectivity index (χ1n) is 10.6. The Hall–Kier alpha value is -2.84. The minimum atomic E-state index is -0.224. The van der Waals surface area contributed by atoms with E-state index < -0.39 is 0 Å². The molecule has 0 N–H and O–H groups in total. The smallest absolute Gasteiger partial charge is 0.276 e. The Bertz CT molecular complexity index is 1380. The number of nitrogens with zero attached hydrogens (tertiary/aromatic N) is 4. The first kappa shape index (κ1) is 23.3. The molecule has 0 radical (unpaired) electrons. The van der Waals surface area contributed by atoms with Gasteiger partial charge in [0.2, 0.25) is 5.88 Å². The van der Waals surface area contributed by atoms with Gasteiger partial charge in [-0.1, -0.05) is 26.0 Å². The van der Waals surface area contributed by atoms with Crippen LogP contribution in [0.2, 0.25) is 0 Å². The van der Waals surface area contributed by atoms with Crippen LogP contribution in [-0.4, -0.2) is 19.5 Å². The van der Waals surface area contributed by atoms with E-state index in [9.17, 15) is 4.79 Å². The summed E-state index contributed by atoms with van der Waals surface area (Å²) in [5, 5.41) is 2.04. The second-order valence-electron chi connectivity index (χ2n) is 8.24. The molecule has 8 heteroatoms. The first-order valence-corrected chi connectivity index (χ1v) is 12.3. The van der Waals surface area contributed by atoms with E-state index in [2.05, 4.69) is 45.8 Å². The average molecular weight is 525 g/mol. The van der Waals surface area contributed by atoms with Gasteiger partial charge in [0.15, 0.2) is 0 Å². The molecule has 33 heavy (non-hydrogen) atoms. The highest BCUT2D eigenvalue weighted by atomic mass is 79.9. The Morgan fingerprint density at radius 2 is 1.94 bits per heavy atom. The second-order valence-corrected chi connectivity index (χ2v) is 10.1. The lowest BCUT2D eigenvalue weighted by Crippen LogP contribution is -2.23. The normalized spacial score (nSPS) is 11.2. The minimum Gasteiger partial charge on any atom is -0.472 e. The fourth-order valence-electron chi connectivity index (χ4n) is 3.53. The Balaban J connectivity index is 1.71. The molecular formula is C25H25BrN4O2S. The van der Waals surface area contributed by atoms with Gasteiger partial charge in [-0.25, -0.2) is 9.97 Å². The van der Waals surface area contributed by atoms with E-state index in [4.69, 9.17) is 9.72 Å². The average Bonchev–Trinajstić information content (AvgIpc) is 3.21. The summed E-state index contributed by atoms with van der Waals surface area (Å²) < 4.78 is 7.73. The molecule has 170 valence electrons. The minimum absolute atomic E-state index is 0.224. The largest absolute Gasteiger partial charge is 0.472 e. The maximum Gasteiger partial charge on any atom is 0.276 e. The highest BCUT2D eigenvalue weighted by Crippen LogP contribution is 2.26. The number of hydrogen-bond donors (Lipinski definition) is 0. The second kappa shape index (κ2) is 9.57. The van der Waals surface area contributed by atoms with E-state index >= 15 is 0 Å². The number of hydrogen-bond acceptors (Lipinski definition) is 6. The van der Waals surface area contributed by atoms with Crippen LogP contribution in [0.15, 0.2) is 51.2 Å². The third kappa shape index (κ3) is 4.91. The molecule has 0 spiro atoms. The van der Waals surface area contributed by atoms with Gasteiger partial charge in [-0.15, -0.1) is 11.3 Å². The van der Waals surface area contributed by atoms with Crippen LogP contribution in [-0.2, 0) is 6.61 Å². The number of thiophene rings is 1. The lowest BCUT2D eigenvalue weighted by molar-refractivity contribution is 0.289. The molecule has 0 bridgehead atoms. The van der Waals surface area contributed by atoms with Crippen LogP contribution in [0.5, 0.6) is 5.88 Å². The van der Waals surface area contributed by atoms with E-state index in [1.807, 2.05) is 49.7 Å². The molecule has 4 rings (SSSR count). The Morgan fingerprint density at radius 1 is 1.15 bits per heavy atom. The molecule has 3 heterocycles. The number of halogens is 1. The summed E-state index contributed by atoms with van der Waals surface area (Å²) in [4.78, 5) is 28.2. The molecule has 0 fully saturated rings. The Labute approximate surface area is 205 Å². The third-order valence-corrected chi connectivity index (χ3v) is 6.80. The zero-order chi connectivity index (χ0) is 23.7. The van der Waals surface area contributed by atoms with Crippen molar-refractivity contribution in [3.05, 3.63) is 84.4 Å². The van der Waals surface area contributed by atoms with Crippen molar-refractivity contribution in [2.24, 2.45) is 0 Å². The number of aryl methyl sites for hydroxylation is 3. The van der Waals surface area contributed by atoms with Crippen molar-refractivity contribution in [2.45, 2.75) is 47.1 Å². The molecule has 4 aromatic rings. The zero-order valence-electron chi connectivity index (χ0n) is 19.2. The fourth-order valence-corrected chi connectivity index (χ4v) is 4.60. The molecule has 0 saturated heterocycles. The molecule has 0 unspecified atom stereocenters. The highest BCUT2D eigenvalue weighted by molar-refractivity contribution is 9.10. The molecule has 6 nitrogen and oxygen atoms in total. The number of benzene rings is 1. The van der Waals surface area contributed by atoms with Gasteiger partial charge in [-0.3, -0.25) is 9.36 Å². The Kier molecular flexibility index (Phi) is 6.76. The van der Waals surface area contributed by atoms with Crippen LogP contribution >= 0.6 is 27.3 Å². The van der Waals surface area contributed by atoms with Gasteiger partial charge in [0.05, 0.1) is 11.4 Å². The summed E-state index contributed by atoms with van der Waals surface area (Å²) in [5.74, 6) is 1.85. The SMILES string of the molecule is Cc1cc(COc2nc(C)n(-c3cccc(-c4nc(C(C)C)ncc4C)c3)c(=O)c2Br)cs1. The van der Waals surface area contributed by atoms with Crippen molar-refractivity contribution in [3.63, 3.8) is 0 Å². The van der Waals surface area contributed by atoms with Crippen LogP contribution in [0, 0.1) is 20.8 Å². The van der Waals surface area contributed by atoms with Crippen LogP contribution in [0.3, 0.4) is 0 Å². The van der Waals surface area contributed by atoms with Crippen LogP contribution in [0.25, 0.3) is 16.9 Å². The molecule has 0 atom stereocenters. The van der Waals surface area contributed by atoms with Crippen molar-refractivity contribution >= 4 is 27.3 Å². The zero-order valence-corrected chi connectivity index (χ0v) is 21.6. The molecular weight excluding hydrogens is 500 g/mol. The summed E-state index contributed by atoms with van der Waals surface area (Å²) in [6, 6.07) is 9.83. The van der Waals surface area contributed by atoms with Crippen molar-refractivity contribution in [2.75, 3.05) is 0 Å². The van der Waals surface area contributed by atoms with Gasteiger partial charge < -0.3 is 4.74 Å². The standard InChI is InChI=1S/C25H25BrN4O2S/c1-14(2)23-27-11-15(3)22(29-23)19-7-6-8-20(10-19)30-17(5)28-24(21(26)25(30)31)32-12-18-9-16(4)33-13-18/h6-11,13-14H,12H2,1-5H3. The molecule has 0 aliphatic heterocycles. The molecule has 1 aromatic carbocycles. The van der Waals surface area contributed by atoms with Crippen molar-refractivity contribution in [3.8, 4) is 22.8 Å². The summed E-state index contributed by atoms with van der Waals surface area (Å²) >= 11 is 5.07. The van der Waals surface area contributed by atoms with Crippen molar-refractivity contribution in [1.82, 2.24) is 19.5 Å². The summed E-state index contributed by atoms with van der Waals surface area (Å²) in [6.07, 6.45) is 1.85. The van der Waals surface area contributed by atoms with Crippen LogP contribution < -0.4 is 10.3 Å². The van der Waals surface area contributed by atoms with Gasteiger partial charge in [-0.2, -0.15) is 4.98 Å². The van der Waals surface area contributed by atoms with E-state index in [-0.39, 0.29) is 11.5 Å². The first-order chi connectivity index (χ1) is 15.7. The number of ether oxygens (including phenoxy) is 1. The predicted molar refractivity (Wildman–Crippen MR) is 136 cm³/mol. The summed E-state index contributed by atoms with van der Waals surface area (Å²) in [7, 11) is 0. The summed E-state index contributed by atoms with van der Waals surface area (Å²) in [6.45, 7) is 10.3. The lowest BCUT2D eigenvalue weighted by atomic mass is 10.1. The molecule has 0 aliphatic carbocycles. The summed E-state index contributed by atoms with van der Waals surface area (Å²) in [5.41, 5.74) is 4.31. The third-order valence-electron chi connectivity index (χ3n) is 5.21. The fraction of sp³-hybridized carbons (Fsp3) is 0.280. The maximum absolute atomic E-state index is 13.3. The maximum atomic E-state index is 13.3. The van der Waals surface area contributed by atoms with Crippen molar-refractivity contribution < 1.29 is 4.74 Å². The molecule has 0 amide bonds. The highest BCUT2D eigenvalue weighted by Gasteiger charge is 2.17. The van der Waals surface area contributed by atoms with E-state index in [1.165, 1.54) is 4.88 Å². The lowest BCUT2D eigenvalue weighted by Gasteiger charge is -2.15. The molecule has 3 aromatic heterocycles. The van der Waals surface area contributed by atoms with Crippen LogP contribution in [0.4, 0.5) is 0 Å². The molecule has 0 aliphatic rings. The van der Waals surface area contributed by atoms with Crippen LogP contribution in [0.1, 0.15) is 47.4 Å². The van der Waals surface area contributed by atoms with Gasteiger partial charge in [0.1, 0.15) is 22.7 Å². The van der Waals surface area contributed by atoms with Gasteiger partial charge in [0, 0.05) is 28.1 Å². The van der Waals surface area contributed by atoms with Gasteiger partial charge in [0.25, 0.3) is 5.56 Å². The quantitative estimate of drug-likeness (QED) is 0.303. The van der Waals surface area contributed by atoms with Gasteiger partial charge >= 0.3 is 0 Å².